The number of esters is 1. The van der Waals surface area contributed by atoms with Gasteiger partial charge < -0.3 is 9.47 Å². The molecule has 0 bridgehead atoms. The lowest BCUT2D eigenvalue weighted by Crippen LogP contribution is -2.05. The van der Waals surface area contributed by atoms with E-state index >= 15 is 0 Å². The number of carbonyl (C=O) groups excluding carboxylic acids is 1. The smallest absolute Gasteiger partial charge is 0.339 e. The third kappa shape index (κ3) is 3.79. The monoisotopic (exact) mass is 302 g/mol. The minimum atomic E-state index is -0.285. The van der Waals surface area contributed by atoms with Gasteiger partial charge in [-0.2, -0.15) is 0 Å². The molecule has 0 aliphatic heterocycles. The Morgan fingerprint density at radius 1 is 1.14 bits per heavy atom. The van der Waals surface area contributed by atoms with Crippen LogP contribution in [0.1, 0.15) is 22.8 Å². The highest BCUT2D eigenvalue weighted by Gasteiger charge is 2.13. The van der Waals surface area contributed by atoms with Crippen LogP contribution in [0.25, 0.3) is 0 Å². The summed E-state index contributed by atoms with van der Waals surface area (Å²) in [5.74, 6) is 0.544. The van der Waals surface area contributed by atoms with E-state index in [4.69, 9.17) is 9.47 Å². The summed E-state index contributed by atoms with van der Waals surface area (Å²) >= 11 is 1.56. The predicted octanol–water partition coefficient (Wildman–Crippen LogP) is 4.33. The van der Waals surface area contributed by atoms with E-state index < -0.39 is 0 Å². The Kier molecular flexibility index (Phi) is 5.28. The fraction of sp³-hybridized carbons (Fsp3) is 0.235. The highest BCUT2D eigenvalue weighted by atomic mass is 32.2. The molecule has 0 aliphatic carbocycles. The van der Waals surface area contributed by atoms with E-state index in [0.29, 0.717) is 12.2 Å². The zero-order chi connectivity index (χ0) is 15.2. The fourth-order valence-corrected chi connectivity index (χ4v) is 2.92. The molecular formula is C17H18O3S. The Labute approximate surface area is 129 Å². The molecule has 0 atom stereocenters. The number of benzene rings is 2. The molecular weight excluding hydrogens is 284 g/mol. The van der Waals surface area contributed by atoms with Crippen LogP contribution >= 0.6 is 11.8 Å². The third-order valence-corrected chi connectivity index (χ3v) is 4.24. The van der Waals surface area contributed by atoms with Crippen LogP contribution in [0.3, 0.4) is 0 Å². The van der Waals surface area contributed by atoms with Gasteiger partial charge in [0.25, 0.3) is 0 Å². The minimum absolute atomic E-state index is 0.285. The van der Waals surface area contributed by atoms with Crippen LogP contribution in [0.5, 0.6) is 5.75 Å². The molecule has 0 amide bonds. The van der Waals surface area contributed by atoms with Gasteiger partial charge >= 0.3 is 5.97 Å². The first-order chi connectivity index (χ1) is 10.2. The molecule has 0 N–H and O–H groups in total. The largest absolute Gasteiger partial charge is 0.497 e. The summed E-state index contributed by atoms with van der Waals surface area (Å²) in [5, 5.41) is 0. The van der Waals surface area contributed by atoms with Gasteiger partial charge in [0.15, 0.2) is 0 Å². The van der Waals surface area contributed by atoms with Crippen molar-refractivity contribution in [3.05, 3.63) is 53.6 Å². The second-order valence-electron chi connectivity index (χ2n) is 4.45. The van der Waals surface area contributed by atoms with Gasteiger partial charge in [-0.3, -0.25) is 0 Å². The molecule has 0 spiro atoms. The number of aryl methyl sites for hydroxylation is 1. The molecule has 0 aromatic heterocycles. The van der Waals surface area contributed by atoms with Gasteiger partial charge in [0, 0.05) is 9.79 Å². The SMILES string of the molecule is CCOC(=O)c1ccccc1Sc1ccc(OC)cc1C. The normalized spacial score (nSPS) is 10.2. The van der Waals surface area contributed by atoms with E-state index in [1.54, 1.807) is 31.9 Å². The predicted molar refractivity (Wildman–Crippen MR) is 84.3 cm³/mol. The van der Waals surface area contributed by atoms with Crippen molar-refractivity contribution in [1.29, 1.82) is 0 Å². The maximum Gasteiger partial charge on any atom is 0.339 e. The molecule has 2 rings (SSSR count). The average molecular weight is 302 g/mol. The molecule has 0 aliphatic rings. The summed E-state index contributed by atoms with van der Waals surface area (Å²) < 4.78 is 10.3. The number of rotatable bonds is 5. The van der Waals surface area contributed by atoms with Crippen LogP contribution in [0, 0.1) is 6.92 Å². The number of hydrogen-bond donors (Lipinski definition) is 0. The second kappa shape index (κ2) is 7.18. The summed E-state index contributed by atoms with van der Waals surface area (Å²) in [7, 11) is 1.65. The van der Waals surface area contributed by atoms with Crippen LogP contribution in [0.2, 0.25) is 0 Å². The van der Waals surface area contributed by atoms with Gasteiger partial charge in [-0.1, -0.05) is 23.9 Å². The van der Waals surface area contributed by atoms with Crippen LogP contribution in [-0.2, 0) is 4.74 Å². The molecule has 0 unspecified atom stereocenters. The molecule has 2 aromatic rings. The molecule has 0 radical (unpaired) electrons. The van der Waals surface area contributed by atoms with Gasteiger partial charge in [-0.05, 0) is 49.7 Å². The van der Waals surface area contributed by atoms with Gasteiger partial charge in [0.1, 0.15) is 5.75 Å². The lowest BCUT2D eigenvalue weighted by Gasteiger charge is -2.11. The van der Waals surface area contributed by atoms with E-state index in [0.717, 1.165) is 21.1 Å². The van der Waals surface area contributed by atoms with Crippen LogP contribution in [-0.4, -0.2) is 19.7 Å². The van der Waals surface area contributed by atoms with Crippen LogP contribution in [0.15, 0.2) is 52.3 Å². The topological polar surface area (TPSA) is 35.5 Å². The van der Waals surface area contributed by atoms with Crippen molar-refractivity contribution in [3.63, 3.8) is 0 Å². The van der Waals surface area contributed by atoms with Crippen molar-refractivity contribution in [1.82, 2.24) is 0 Å². The van der Waals surface area contributed by atoms with Gasteiger partial charge in [-0.25, -0.2) is 4.79 Å². The van der Waals surface area contributed by atoms with Gasteiger partial charge in [-0.15, -0.1) is 0 Å². The highest BCUT2D eigenvalue weighted by molar-refractivity contribution is 7.99. The standard InChI is InChI=1S/C17H18O3S/c1-4-20-17(18)14-7-5-6-8-16(14)21-15-10-9-13(19-3)11-12(15)2/h5-11H,4H2,1-3H3. The Morgan fingerprint density at radius 3 is 2.57 bits per heavy atom. The molecule has 4 heteroatoms. The number of methoxy groups -OCH3 is 1. The first-order valence-corrected chi connectivity index (χ1v) is 7.56. The number of hydrogen-bond acceptors (Lipinski definition) is 4. The van der Waals surface area contributed by atoms with Gasteiger partial charge in [0.2, 0.25) is 0 Å². The van der Waals surface area contributed by atoms with E-state index in [2.05, 4.69) is 0 Å². The highest BCUT2D eigenvalue weighted by Crippen LogP contribution is 2.34. The van der Waals surface area contributed by atoms with Crippen molar-refractivity contribution in [2.24, 2.45) is 0 Å². The average Bonchev–Trinajstić information content (AvgIpc) is 2.50. The van der Waals surface area contributed by atoms with Crippen molar-refractivity contribution in [2.75, 3.05) is 13.7 Å². The summed E-state index contributed by atoms with van der Waals surface area (Å²) in [5.41, 5.74) is 1.71. The maximum absolute atomic E-state index is 12.0. The zero-order valence-electron chi connectivity index (χ0n) is 12.4. The summed E-state index contributed by atoms with van der Waals surface area (Å²) in [6, 6.07) is 13.4. The number of ether oxygens (including phenoxy) is 2. The van der Waals surface area contributed by atoms with Crippen molar-refractivity contribution in [3.8, 4) is 5.75 Å². The first-order valence-electron chi connectivity index (χ1n) is 6.74. The van der Waals surface area contributed by atoms with E-state index in [1.807, 2.05) is 43.3 Å². The zero-order valence-corrected chi connectivity index (χ0v) is 13.2. The second-order valence-corrected chi connectivity index (χ2v) is 5.53. The van der Waals surface area contributed by atoms with Crippen LogP contribution in [0.4, 0.5) is 0 Å². The van der Waals surface area contributed by atoms with Gasteiger partial charge in [0.05, 0.1) is 19.3 Å². The van der Waals surface area contributed by atoms with Crippen LogP contribution < -0.4 is 4.74 Å². The fourth-order valence-electron chi connectivity index (χ4n) is 1.91. The van der Waals surface area contributed by atoms with Crippen molar-refractivity contribution < 1.29 is 14.3 Å². The third-order valence-electron chi connectivity index (χ3n) is 2.98. The molecule has 3 nitrogen and oxygen atoms in total. The van der Waals surface area contributed by atoms with E-state index in [1.165, 1.54) is 0 Å². The summed E-state index contributed by atoms with van der Waals surface area (Å²) in [6.07, 6.45) is 0. The lowest BCUT2D eigenvalue weighted by molar-refractivity contribution is 0.0522. The van der Waals surface area contributed by atoms with Crippen molar-refractivity contribution in [2.45, 2.75) is 23.6 Å². The Morgan fingerprint density at radius 2 is 1.90 bits per heavy atom. The molecule has 0 saturated carbocycles. The Hall–Kier alpha value is -1.94. The Balaban J connectivity index is 2.29. The molecule has 0 saturated heterocycles. The van der Waals surface area contributed by atoms with Crippen molar-refractivity contribution >= 4 is 17.7 Å². The van der Waals surface area contributed by atoms with E-state index in [9.17, 15) is 4.79 Å². The first kappa shape index (κ1) is 15.4. The van der Waals surface area contributed by atoms with E-state index in [-0.39, 0.29) is 5.97 Å². The quantitative estimate of drug-likeness (QED) is 0.770. The summed E-state index contributed by atoms with van der Waals surface area (Å²) in [4.78, 5) is 14.0. The summed E-state index contributed by atoms with van der Waals surface area (Å²) in [6.45, 7) is 4.21. The molecule has 0 fully saturated rings. The molecule has 110 valence electrons. The molecule has 2 aromatic carbocycles. The molecule has 0 heterocycles. The molecule has 21 heavy (non-hydrogen) atoms. The lowest BCUT2D eigenvalue weighted by atomic mass is 10.2. The maximum atomic E-state index is 12.0. The minimum Gasteiger partial charge on any atom is -0.497 e. The number of carbonyl (C=O) groups is 1. The Bertz CT molecular complexity index is 638.